The van der Waals surface area contributed by atoms with E-state index in [4.69, 9.17) is 18.5 Å². The molecule has 214 valence electrons. The first-order valence-corrected chi connectivity index (χ1v) is 15.3. The molecule has 1 N–H and O–H groups in total. The van der Waals surface area contributed by atoms with Gasteiger partial charge in [-0.1, -0.05) is 78.1 Å². The second-order valence-corrected chi connectivity index (χ2v) is 11.9. The van der Waals surface area contributed by atoms with Crippen LogP contribution in [0.15, 0.2) is 0 Å². The van der Waals surface area contributed by atoms with E-state index < -0.39 is 26.5 Å². The lowest BCUT2D eigenvalue weighted by Gasteiger charge is -2.24. The maximum Gasteiger partial charge on any atom is 0.472 e. The summed E-state index contributed by atoms with van der Waals surface area (Å²) in [7, 11) is 1.47. The second kappa shape index (κ2) is 21.0. The second-order valence-electron chi connectivity index (χ2n) is 10.4. The number of ether oxygens (including phenoxy) is 2. The Balaban J connectivity index is 4.60. The van der Waals surface area contributed by atoms with E-state index in [2.05, 4.69) is 13.8 Å². The van der Waals surface area contributed by atoms with Crippen LogP contribution in [0.3, 0.4) is 0 Å². The third-order valence-electron chi connectivity index (χ3n) is 5.64. The molecule has 0 aliphatic carbocycles. The highest BCUT2D eigenvalue weighted by Crippen LogP contribution is 2.43. The lowest BCUT2D eigenvalue weighted by atomic mass is 10.1. The van der Waals surface area contributed by atoms with E-state index in [1.807, 2.05) is 21.1 Å². The van der Waals surface area contributed by atoms with Crippen LogP contribution in [0.2, 0.25) is 0 Å². The van der Waals surface area contributed by atoms with Gasteiger partial charge in [-0.2, -0.15) is 0 Å². The number of hydrogen-bond acceptors (Lipinski definition) is 7. The summed E-state index contributed by atoms with van der Waals surface area (Å²) in [5.41, 5.74) is 0. The Kier molecular flexibility index (Phi) is 20.4. The number of hydrogen-bond donors (Lipinski definition) is 1. The lowest BCUT2D eigenvalue weighted by Crippen LogP contribution is -2.37. The fourth-order valence-corrected chi connectivity index (χ4v) is 4.10. The van der Waals surface area contributed by atoms with E-state index in [0.29, 0.717) is 17.4 Å². The molecule has 0 amide bonds. The average Bonchev–Trinajstić information content (AvgIpc) is 2.79. The van der Waals surface area contributed by atoms with Gasteiger partial charge in [-0.25, -0.2) is 4.57 Å². The summed E-state index contributed by atoms with van der Waals surface area (Å²) in [5, 5.41) is 0. The first-order valence-electron chi connectivity index (χ1n) is 13.8. The number of carbonyl (C=O) groups is 2. The Bertz CT molecular complexity index is 624. The minimum atomic E-state index is -4.33. The molecule has 0 fully saturated rings. The molecular formula is C26H53NO8P+. The molecule has 0 saturated heterocycles. The maximum atomic E-state index is 12.3. The molecule has 1 unspecified atom stereocenters. The minimum absolute atomic E-state index is 0.0347. The van der Waals surface area contributed by atoms with Crippen molar-refractivity contribution in [3.05, 3.63) is 0 Å². The van der Waals surface area contributed by atoms with Crippen molar-refractivity contribution in [3.8, 4) is 0 Å². The van der Waals surface area contributed by atoms with Crippen LogP contribution in [0.1, 0.15) is 104 Å². The Morgan fingerprint density at radius 3 is 1.78 bits per heavy atom. The molecule has 0 aromatic carbocycles. The topological polar surface area (TPSA) is 108 Å². The van der Waals surface area contributed by atoms with Crippen LogP contribution in [0.25, 0.3) is 0 Å². The average molecular weight is 539 g/mol. The number of phosphoric ester groups is 1. The Morgan fingerprint density at radius 2 is 1.25 bits per heavy atom. The van der Waals surface area contributed by atoms with Crippen LogP contribution < -0.4 is 0 Å². The van der Waals surface area contributed by atoms with Crippen LogP contribution in [0.4, 0.5) is 0 Å². The molecule has 0 aliphatic heterocycles. The molecule has 0 radical (unpaired) electrons. The monoisotopic (exact) mass is 538 g/mol. The fourth-order valence-electron chi connectivity index (χ4n) is 3.36. The number of esters is 2. The molecule has 0 aromatic heterocycles. The number of likely N-dealkylation sites (N-methyl/N-ethyl adjacent to an activating group) is 1. The largest absolute Gasteiger partial charge is 0.472 e. The number of phosphoric acid groups is 1. The molecule has 0 aliphatic rings. The highest BCUT2D eigenvalue weighted by atomic mass is 31.2. The normalized spacial score (nSPS) is 14.3. The van der Waals surface area contributed by atoms with Crippen molar-refractivity contribution in [1.82, 2.24) is 0 Å². The van der Waals surface area contributed by atoms with Gasteiger partial charge in [-0.3, -0.25) is 18.6 Å². The van der Waals surface area contributed by atoms with Crippen LogP contribution in [-0.2, 0) is 32.7 Å². The lowest BCUT2D eigenvalue weighted by molar-refractivity contribution is -0.870. The van der Waals surface area contributed by atoms with Crippen molar-refractivity contribution in [1.29, 1.82) is 0 Å². The number of carbonyl (C=O) groups excluding carboxylic acids is 2. The van der Waals surface area contributed by atoms with E-state index in [9.17, 15) is 19.0 Å². The standard InChI is InChI=1S/C26H52NO8P/c1-6-8-10-12-13-15-17-19-26(29)35-24(22-32-25(28)18-16-14-11-9-7-2)23-34-36(30,31)33-21-20-27(3,4)5/h24H,6-23H2,1-5H3/p+1/t24-/m0/s1. The summed E-state index contributed by atoms with van der Waals surface area (Å²) < 4.78 is 33.6. The van der Waals surface area contributed by atoms with Crippen molar-refractivity contribution in [3.63, 3.8) is 0 Å². The summed E-state index contributed by atoms with van der Waals surface area (Å²) in [4.78, 5) is 34.4. The zero-order valence-corrected chi connectivity index (χ0v) is 24.4. The predicted molar refractivity (Wildman–Crippen MR) is 141 cm³/mol. The van der Waals surface area contributed by atoms with Gasteiger partial charge in [-0.15, -0.1) is 0 Å². The van der Waals surface area contributed by atoms with Crippen LogP contribution in [0, 0.1) is 0 Å². The smallest absolute Gasteiger partial charge is 0.462 e. The fraction of sp³-hybridized carbons (Fsp3) is 0.923. The van der Waals surface area contributed by atoms with Crippen molar-refractivity contribution >= 4 is 19.8 Å². The molecule has 0 spiro atoms. The Labute approximate surface area is 219 Å². The molecule has 10 heteroatoms. The van der Waals surface area contributed by atoms with Gasteiger partial charge in [0, 0.05) is 12.8 Å². The predicted octanol–water partition coefficient (Wildman–Crippen LogP) is 5.78. The summed E-state index contributed by atoms with van der Waals surface area (Å²) in [6.07, 6.45) is 12.1. The van der Waals surface area contributed by atoms with Gasteiger partial charge in [0.2, 0.25) is 0 Å². The Morgan fingerprint density at radius 1 is 0.750 bits per heavy atom. The highest BCUT2D eigenvalue weighted by molar-refractivity contribution is 7.47. The molecule has 0 aromatic rings. The van der Waals surface area contributed by atoms with Gasteiger partial charge in [0.1, 0.15) is 19.8 Å². The van der Waals surface area contributed by atoms with E-state index in [0.717, 1.165) is 51.4 Å². The minimum Gasteiger partial charge on any atom is -0.462 e. The van der Waals surface area contributed by atoms with Crippen molar-refractivity contribution < 1.29 is 42.1 Å². The van der Waals surface area contributed by atoms with E-state index >= 15 is 0 Å². The highest BCUT2D eigenvalue weighted by Gasteiger charge is 2.27. The third-order valence-corrected chi connectivity index (χ3v) is 6.62. The molecule has 2 atom stereocenters. The molecule has 0 rings (SSSR count). The SMILES string of the molecule is CCCCCCCCCC(=O)O[C@@H](COC(=O)CCCCCCC)COP(=O)(O)OCC[N+](C)(C)C. The maximum absolute atomic E-state index is 12.3. The van der Waals surface area contributed by atoms with Gasteiger partial charge in [-0.05, 0) is 12.8 Å². The molecule has 0 saturated carbocycles. The van der Waals surface area contributed by atoms with Crippen LogP contribution >= 0.6 is 7.82 Å². The quantitative estimate of drug-likeness (QED) is 0.0713. The molecule has 0 heterocycles. The first-order chi connectivity index (χ1) is 17.0. The summed E-state index contributed by atoms with van der Waals surface area (Å²) in [5.74, 6) is -0.822. The van der Waals surface area contributed by atoms with Gasteiger partial charge in [0.15, 0.2) is 6.10 Å². The van der Waals surface area contributed by atoms with Gasteiger partial charge in [0.25, 0.3) is 0 Å². The summed E-state index contributed by atoms with van der Waals surface area (Å²) >= 11 is 0. The number of quaternary nitrogens is 1. The number of nitrogens with zero attached hydrogens (tertiary/aromatic N) is 1. The number of unbranched alkanes of at least 4 members (excludes halogenated alkanes) is 10. The zero-order valence-electron chi connectivity index (χ0n) is 23.5. The van der Waals surface area contributed by atoms with Crippen LogP contribution in [-0.4, -0.2) is 74.9 Å². The van der Waals surface area contributed by atoms with Crippen LogP contribution in [0.5, 0.6) is 0 Å². The van der Waals surface area contributed by atoms with Crippen molar-refractivity contribution in [2.24, 2.45) is 0 Å². The molecular weight excluding hydrogens is 485 g/mol. The third kappa shape index (κ3) is 23.4. The molecule has 9 nitrogen and oxygen atoms in total. The Hall–Kier alpha value is -0.990. The van der Waals surface area contributed by atoms with Crippen molar-refractivity contribution in [2.75, 3.05) is 47.5 Å². The van der Waals surface area contributed by atoms with E-state index in [-0.39, 0.29) is 32.0 Å². The van der Waals surface area contributed by atoms with Crippen molar-refractivity contribution in [2.45, 2.75) is 110 Å². The molecule has 0 bridgehead atoms. The molecule has 36 heavy (non-hydrogen) atoms. The zero-order chi connectivity index (χ0) is 27.3. The summed E-state index contributed by atoms with van der Waals surface area (Å²) in [6.45, 7) is 4.23. The summed E-state index contributed by atoms with van der Waals surface area (Å²) in [6, 6.07) is 0. The first kappa shape index (κ1) is 35.0. The van der Waals surface area contributed by atoms with Gasteiger partial charge in [0.05, 0.1) is 27.7 Å². The van der Waals surface area contributed by atoms with Gasteiger partial charge >= 0.3 is 19.8 Å². The van der Waals surface area contributed by atoms with Gasteiger partial charge < -0.3 is 18.9 Å². The van der Waals surface area contributed by atoms with E-state index in [1.54, 1.807) is 0 Å². The van der Waals surface area contributed by atoms with E-state index in [1.165, 1.54) is 19.3 Å². The number of rotatable bonds is 24.